The number of fused-ring (bicyclic) bond motifs is 1. The number of nitrogens with zero attached hydrogens (tertiary/aromatic N) is 1. The highest BCUT2D eigenvalue weighted by Gasteiger charge is 2.29. The molecule has 0 spiro atoms. The molecule has 146 valence electrons. The van der Waals surface area contributed by atoms with Crippen LogP contribution in [0.15, 0.2) is 33.9 Å². The van der Waals surface area contributed by atoms with Gasteiger partial charge in [-0.3, -0.25) is 9.59 Å². The zero-order valence-electron chi connectivity index (χ0n) is 15.3. The Morgan fingerprint density at radius 2 is 1.85 bits per heavy atom. The summed E-state index contributed by atoms with van der Waals surface area (Å²) < 4.78 is 0.784. The third-order valence-electron chi connectivity index (χ3n) is 4.18. The van der Waals surface area contributed by atoms with Crippen molar-refractivity contribution < 1.29 is 19.8 Å². The zero-order valence-corrected chi connectivity index (χ0v) is 15.3. The minimum Gasteiger partial charge on any atom is -0.548 e. The highest BCUT2D eigenvalue weighted by molar-refractivity contribution is 5.86. The lowest BCUT2D eigenvalue weighted by Gasteiger charge is -2.26. The molecule has 9 nitrogen and oxygen atoms in total. The maximum Gasteiger partial charge on any atom is 0.329 e. The second-order valence-electron chi connectivity index (χ2n) is 6.84. The molecule has 3 N–H and O–H groups in total. The number of carboxylic acid groups (broad SMARTS) is 1. The molecule has 0 saturated carbocycles. The molecule has 0 aliphatic heterocycles. The smallest absolute Gasteiger partial charge is 0.329 e. The molecule has 1 amide bonds. The summed E-state index contributed by atoms with van der Waals surface area (Å²) in [7, 11) is 0. The summed E-state index contributed by atoms with van der Waals surface area (Å²) in [4.78, 5) is 51.7. The molecule has 0 saturated heterocycles. The van der Waals surface area contributed by atoms with E-state index in [-0.39, 0.29) is 17.7 Å². The van der Waals surface area contributed by atoms with Gasteiger partial charge >= 0.3 is 5.69 Å². The number of para-hydroxylation sites is 1. The standard InChI is InChI=1S/C18H23N3O6/c1-9(2)8-13(15(23)20-14(10(3)22)17(25)26)21-16(24)11-6-4-5-7-12(11)19-18(21)27/h4-7,9-10,13-14,22H,8H2,1-3H3,(H,19,27)(H,20,23)(H,25,26)/p-1/t10-,13-,14-/m0/s1. The van der Waals surface area contributed by atoms with E-state index in [1.807, 2.05) is 0 Å². The number of aromatic amines is 1. The van der Waals surface area contributed by atoms with E-state index in [2.05, 4.69) is 10.3 Å². The molecule has 0 radical (unpaired) electrons. The van der Waals surface area contributed by atoms with Gasteiger partial charge in [-0.05, 0) is 31.4 Å². The lowest BCUT2D eigenvalue weighted by molar-refractivity contribution is -0.310. The topological polar surface area (TPSA) is 144 Å². The molecule has 2 aromatic rings. The number of H-pyrrole nitrogens is 1. The van der Waals surface area contributed by atoms with Crippen LogP contribution in [-0.4, -0.2) is 38.7 Å². The minimum absolute atomic E-state index is 0.0773. The van der Waals surface area contributed by atoms with Crippen molar-refractivity contribution in [2.24, 2.45) is 5.92 Å². The predicted octanol–water partition coefficient (Wildman–Crippen LogP) is -1.11. The molecular formula is C18H22N3O6-. The van der Waals surface area contributed by atoms with Crippen molar-refractivity contribution in [2.45, 2.75) is 45.4 Å². The summed E-state index contributed by atoms with van der Waals surface area (Å²) in [6, 6.07) is 3.47. The van der Waals surface area contributed by atoms with Crippen molar-refractivity contribution in [3.63, 3.8) is 0 Å². The van der Waals surface area contributed by atoms with Crippen LogP contribution in [0.1, 0.15) is 33.2 Å². The highest BCUT2D eigenvalue weighted by Crippen LogP contribution is 2.16. The Kier molecular flexibility index (Phi) is 6.17. The summed E-state index contributed by atoms with van der Waals surface area (Å²) in [5, 5.41) is 23.1. The van der Waals surface area contributed by atoms with Crippen molar-refractivity contribution in [1.82, 2.24) is 14.9 Å². The first-order valence-corrected chi connectivity index (χ1v) is 8.56. The molecule has 0 unspecified atom stereocenters. The Balaban J connectivity index is 2.56. The lowest BCUT2D eigenvalue weighted by Crippen LogP contribution is -2.56. The molecule has 0 aliphatic rings. The maximum atomic E-state index is 12.8. The van der Waals surface area contributed by atoms with Crippen LogP contribution in [0.25, 0.3) is 10.9 Å². The number of aliphatic hydroxyl groups excluding tert-OH is 1. The van der Waals surface area contributed by atoms with Crippen LogP contribution < -0.4 is 21.7 Å². The summed E-state index contributed by atoms with van der Waals surface area (Å²) in [6.45, 7) is 4.78. The Morgan fingerprint density at radius 1 is 1.22 bits per heavy atom. The lowest BCUT2D eigenvalue weighted by atomic mass is 10.0. The second-order valence-corrected chi connectivity index (χ2v) is 6.84. The fourth-order valence-electron chi connectivity index (χ4n) is 2.86. The summed E-state index contributed by atoms with van der Waals surface area (Å²) in [5.41, 5.74) is -1.09. The first kappa shape index (κ1) is 20.4. The van der Waals surface area contributed by atoms with E-state index in [1.165, 1.54) is 13.0 Å². The fraction of sp³-hybridized carbons (Fsp3) is 0.444. The van der Waals surface area contributed by atoms with Crippen LogP contribution in [0, 0.1) is 5.92 Å². The number of carbonyl (C=O) groups excluding carboxylic acids is 2. The van der Waals surface area contributed by atoms with E-state index in [0.717, 1.165) is 4.57 Å². The van der Waals surface area contributed by atoms with Gasteiger partial charge in [0.1, 0.15) is 6.04 Å². The van der Waals surface area contributed by atoms with Gasteiger partial charge in [0.25, 0.3) is 5.56 Å². The monoisotopic (exact) mass is 376 g/mol. The van der Waals surface area contributed by atoms with Crippen molar-refractivity contribution in [1.29, 1.82) is 0 Å². The number of carboxylic acids is 1. The molecule has 27 heavy (non-hydrogen) atoms. The number of hydrogen-bond acceptors (Lipinski definition) is 6. The minimum atomic E-state index is -1.67. The average molecular weight is 376 g/mol. The number of carbonyl (C=O) groups is 2. The van der Waals surface area contributed by atoms with Crippen molar-refractivity contribution >= 4 is 22.8 Å². The van der Waals surface area contributed by atoms with Crippen LogP contribution in [0.2, 0.25) is 0 Å². The van der Waals surface area contributed by atoms with Gasteiger partial charge in [-0.15, -0.1) is 0 Å². The predicted molar refractivity (Wildman–Crippen MR) is 95.9 cm³/mol. The fourth-order valence-corrected chi connectivity index (χ4v) is 2.86. The van der Waals surface area contributed by atoms with Gasteiger partial charge in [0, 0.05) is 0 Å². The van der Waals surface area contributed by atoms with Crippen LogP contribution in [0.4, 0.5) is 0 Å². The molecule has 1 aromatic carbocycles. The largest absolute Gasteiger partial charge is 0.548 e. The van der Waals surface area contributed by atoms with Gasteiger partial charge < -0.3 is 25.3 Å². The number of rotatable bonds is 7. The zero-order chi connectivity index (χ0) is 20.3. The van der Waals surface area contributed by atoms with Crippen molar-refractivity contribution in [2.75, 3.05) is 0 Å². The van der Waals surface area contributed by atoms with Crippen LogP contribution in [0.5, 0.6) is 0 Å². The van der Waals surface area contributed by atoms with Gasteiger partial charge in [-0.25, -0.2) is 9.36 Å². The van der Waals surface area contributed by atoms with Gasteiger partial charge in [-0.2, -0.15) is 0 Å². The molecule has 1 heterocycles. The van der Waals surface area contributed by atoms with Gasteiger partial charge in [-0.1, -0.05) is 26.0 Å². The molecule has 0 aliphatic carbocycles. The summed E-state index contributed by atoms with van der Waals surface area (Å²) in [6.07, 6.45) is -1.29. The molecule has 3 atom stereocenters. The first-order valence-electron chi connectivity index (χ1n) is 8.56. The molecule has 0 bridgehead atoms. The van der Waals surface area contributed by atoms with E-state index in [0.29, 0.717) is 5.52 Å². The number of aromatic nitrogens is 2. The number of amides is 1. The first-order chi connectivity index (χ1) is 12.6. The quantitative estimate of drug-likeness (QED) is 0.559. The Bertz CT molecular complexity index is 959. The average Bonchev–Trinajstić information content (AvgIpc) is 2.57. The maximum absolute atomic E-state index is 12.8. The summed E-state index contributed by atoms with van der Waals surface area (Å²) >= 11 is 0. The molecule has 1 aromatic heterocycles. The van der Waals surface area contributed by atoms with E-state index >= 15 is 0 Å². The van der Waals surface area contributed by atoms with Crippen LogP contribution >= 0.6 is 0 Å². The third-order valence-corrected chi connectivity index (χ3v) is 4.18. The van der Waals surface area contributed by atoms with Gasteiger partial charge in [0.2, 0.25) is 5.91 Å². The highest BCUT2D eigenvalue weighted by atomic mass is 16.4. The number of benzene rings is 1. The second kappa shape index (κ2) is 8.17. The molecule has 0 fully saturated rings. The number of nitrogens with one attached hydrogen (secondary N) is 2. The Morgan fingerprint density at radius 3 is 2.41 bits per heavy atom. The molecular weight excluding hydrogens is 354 g/mol. The van der Waals surface area contributed by atoms with Crippen LogP contribution in [-0.2, 0) is 9.59 Å². The number of aliphatic carboxylic acids is 1. The Hall–Kier alpha value is -2.94. The summed E-state index contributed by atoms with van der Waals surface area (Å²) in [5.74, 6) is -2.60. The van der Waals surface area contributed by atoms with E-state index in [4.69, 9.17) is 0 Å². The van der Waals surface area contributed by atoms with Gasteiger partial charge in [0.05, 0.1) is 29.0 Å². The third kappa shape index (κ3) is 4.43. The SMILES string of the molecule is CC(C)C[C@@H](C(=O)N[C@H](C(=O)[O-])[C@H](C)O)n1c(=O)[nH]c2ccccc2c1=O. The van der Waals surface area contributed by atoms with E-state index in [9.17, 15) is 29.4 Å². The van der Waals surface area contributed by atoms with Crippen molar-refractivity contribution in [3.05, 3.63) is 45.1 Å². The van der Waals surface area contributed by atoms with Crippen molar-refractivity contribution in [3.8, 4) is 0 Å². The Labute approximate surface area is 154 Å². The molecule has 2 rings (SSSR count). The normalized spacial score (nSPS) is 14.7. The number of aliphatic hydroxyl groups is 1. The van der Waals surface area contributed by atoms with E-state index < -0.39 is 41.3 Å². The van der Waals surface area contributed by atoms with E-state index in [1.54, 1.807) is 32.0 Å². The number of hydrogen-bond donors (Lipinski definition) is 3. The molecule has 9 heteroatoms. The van der Waals surface area contributed by atoms with Crippen LogP contribution in [0.3, 0.4) is 0 Å². The van der Waals surface area contributed by atoms with Gasteiger partial charge in [0.15, 0.2) is 0 Å².